The van der Waals surface area contributed by atoms with Crippen LogP contribution in [0.5, 0.6) is 0 Å². The van der Waals surface area contributed by atoms with E-state index in [-0.39, 0.29) is 24.0 Å². The molecular formula is C21H22ClFN2O. The van der Waals surface area contributed by atoms with E-state index in [1.165, 1.54) is 6.07 Å². The third kappa shape index (κ3) is 3.87. The van der Waals surface area contributed by atoms with E-state index < -0.39 is 11.6 Å². The predicted octanol–water partition coefficient (Wildman–Crippen LogP) is 4.61. The number of Topliss-reactive ketones (excluding diaryl/α,β-unsaturated/α-hetero) is 1. The monoisotopic (exact) mass is 372 g/mol. The van der Waals surface area contributed by atoms with Gasteiger partial charge in [-0.2, -0.15) is 0 Å². The van der Waals surface area contributed by atoms with Gasteiger partial charge in [0, 0.05) is 11.8 Å². The average molecular weight is 373 g/mol. The van der Waals surface area contributed by atoms with Gasteiger partial charge in [-0.05, 0) is 37.6 Å². The van der Waals surface area contributed by atoms with Gasteiger partial charge in [0.15, 0.2) is 5.78 Å². The summed E-state index contributed by atoms with van der Waals surface area (Å²) in [5, 5.41) is 0. The van der Waals surface area contributed by atoms with Crippen LogP contribution in [0.3, 0.4) is 0 Å². The summed E-state index contributed by atoms with van der Waals surface area (Å²) in [6.45, 7) is 3.35. The predicted molar refractivity (Wildman–Crippen MR) is 104 cm³/mol. The Hall–Kier alpha value is -2.43. The Morgan fingerprint density at radius 3 is 2.23 bits per heavy atom. The van der Waals surface area contributed by atoms with Crippen molar-refractivity contribution < 1.29 is 9.18 Å². The van der Waals surface area contributed by atoms with Crippen LogP contribution in [-0.2, 0) is 0 Å². The Bertz CT molecular complexity index is 884. The van der Waals surface area contributed by atoms with Gasteiger partial charge < -0.3 is 10.3 Å². The summed E-state index contributed by atoms with van der Waals surface area (Å²) in [5.74, 6) is -0.495. The van der Waals surface area contributed by atoms with Crippen molar-refractivity contribution in [2.45, 2.75) is 25.4 Å². The maximum atomic E-state index is 14.6. The summed E-state index contributed by atoms with van der Waals surface area (Å²) in [7, 11) is 0. The zero-order valence-electron chi connectivity index (χ0n) is 14.7. The molecule has 0 saturated heterocycles. The van der Waals surface area contributed by atoms with E-state index in [2.05, 4.69) is 0 Å². The Morgan fingerprint density at radius 1 is 1.00 bits per heavy atom. The van der Waals surface area contributed by atoms with Crippen LogP contribution in [-0.4, -0.2) is 15.9 Å². The van der Waals surface area contributed by atoms with Gasteiger partial charge in [-0.25, -0.2) is 4.39 Å². The molecule has 0 spiro atoms. The average Bonchev–Trinajstić information content (AvgIpc) is 3.05. The smallest absolute Gasteiger partial charge is 0.198 e. The molecule has 3 rings (SSSR count). The molecule has 1 heterocycles. The Balaban J connectivity index is 0.00000243. The van der Waals surface area contributed by atoms with Gasteiger partial charge in [0.1, 0.15) is 5.82 Å². The summed E-state index contributed by atoms with van der Waals surface area (Å²) in [4.78, 5) is 12.8. The first-order valence-electron chi connectivity index (χ1n) is 8.19. The SMILES string of the molecule is CC(C)(N)C(=O)c1cccn1C(c1ccccc1)c1ccccc1F.Cl. The lowest BCUT2D eigenvalue weighted by Gasteiger charge is -2.25. The quantitative estimate of drug-likeness (QED) is 0.665. The first kappa shape index (κ1) is 19.9. The Morgan fingerprint density at radius 2 is 1.62 bits per heavy atom. The standard InChI is InChI=1S/C21H21FN2O.ClH/c1-21(2,23)20(25)18-13-8-14-24(18)19(15-9-4-3-5-10-15)16-11-6-7-12-17(16)22;/h3-14,19H,23H2,1-2H3;1H. The summed E-state index contributed by atoms with van der Waals surface area (Å²) >= 11 is 0. The van der Waals surface area contributed by atoms with E-state index in [9.17, 15) is 9.18 Å². The van der Waals surface area contributed by atoms with Crippen LogP contribution < -0.4 is 5.73 Å². The van der Waals surface area contributed by atoms with E-state index in [1.807, 2.05) is 30.3 Å². The molecule has 0 aliphatic rings. The fraction of sp³-hybridized carbons (Fsp3) is 0.190. The molecule has 1 aromatic heterocycles. The Labute approximate surface area is 159 Å². The lowest BCUT2D eigenvalue weighted by atomic mass is 9.95. The van der Waals surface area contributed by atoms with Crippen molar-refractivity contribution in [3.05, 3.63) is 95.6 Å². The molecule has 1 unspecified atom stereocenters. The maximum Gasteiger partial charge on any atom is 0.198 e. The summed E-state index contributed by atoms with van der Waals surface area (Å²) < 4.78 is 16.4. The van der Waals surface area contributed by atoms with Crippen LogP contribution in [0.2, 0.25) is 0 Å². The highest BCUT2D eigenvalue weighted by molar-refractivity contribution is 6.01. The highest BCUT2D eigenvalue weighted by atomic mass is 35.5. The van der Waals surface area contributed by atoms with Gasteiger partial charge in [0.05, 0.1) is 17.3 Å². The largest absolute Gasteiger partial charge is 0.333 e. The van der Waals surface area contributed by atoms with Crippen LogP contribution in [0.4, 0.5) is 4.39 Å². The van der Waals surface area contributed by atoms with Crippen LogP contribution in [0, 0.1) is 5.82 Å². The fourth-order valence-corrected chi connectivity index (χ4v) is 2.96. The molecule has 26 heavy (non-hydrogen) atoms. The molecule has 1 atom stereocenters. The summed E-state index contributed by atoms with van der Waals surface area (Å²) in [6.07, 6.45) is 1.79. The zero-order valence-corrected chi connectivity index (χ0v) is 15.5. The fourth-order valence-electron chi connectivity index (χ4n) is 2.96. The van der Waals surface area contributed by atoms with Crippen LogP contribution in [0.15, 0.2) is 72.9 Å². The van der Waals surface area contributed by atoms with E-state index in [1.54, 1.807) is 54.9 Å². The number of aromatic nitrogens is 1. The van der Waals surface area contributed by atoms with E-state index in [0.29, 0.717) is 11.3 Å². The highest BCUT2D eigenvalue weighted by Crippen LogP contribution is 2.31. The number of ketones is 1. The van der Waals surface area contributed by atoms with E-state index in [0.717, 1.165) is 5.56 Å². The van der Waals surface area contributed by atoms with Crippen molar-refractivity contribution in [3.63, 3.8) is 0 Å². The van der Waals surface area contributed by atoms with Crippen molar-refractivity contribution >= 4 is 18.2 Å². The molecule has 3 aromatic rings. The number of nitrogens with zero attached hydrogens (tertiary/aromatic N) is 1. The van der Waals surface area contributed by atoms with Crippen LogP contribution in [0.1, 0.15) is 41.5 Å². The van der Waals surface area contributed by atoms with Gasteiger partial charge in [-0.1, -0.05) is 48.5 Å². The van der Waals surface area contributed by atoms with Gasteiger partial charge in [-0.3, -0.25) is 4.79 Å². The molecule has 136 valence electrons. The number of benzene rings is 2. The number of hydrogen-bond acceptors (Lipinski definition) is 2. The first-order valence-corrected chi connectivity index (χ1v) is 8.19. The van der Waals surface area contributed by atoms with E-state index in [4.69, 9.17) is 5.73 Å². The molecule has 0 aliphatic heterocycles. The first-order chi connectivity index (χ1) is 11.9. The molecule has 2 N–H and O–H groups in total. The zero-order chi connectivity index (χ0) is 18.0. The topological polar surface area (TPSA) is 48.0 Å². The molecule has 0 aliphatic carbocycles. The lowest BCUT2D eigenvalue weighted by molar-refractivity contribution is 0.0903. The van der Waals surface area contributed by atoms with Crippen molar-refractivity contribution in [1.29, 1.82) is 0 Å². The van der Waals surface area contributed by atoms with Gasteiger partial charge in [-0.15, -0.1) is 12.4 Å². The van der Waals surface area contributed by atoms with Gasteiger partial charge in [0.2, 0.25) is 0 Å². The number of nitrogens with two attached hydrogens (primary N) is 1. The van der Waals surface area contributed by atoms with Gasteiger partial charge in [0.25, 0.3) is 0 Å². The molecular weight excluding hydrogens is 351 g/mol. The molecule has 0 fully saturated rings. The molecule has 0 bridgehead atoms. The third-order valence-corrected chi connectivity index (χ3v) is 4.19. The minimum atomic E-state index is -1.01. The number of carbonyl (C=O) groups excluding carboxylic acids is 1. The van der Waals surface area contributed by atoms with Crippen LogP contribution in [0.25, 0.3) is 0 Å². The summed E-state index contributed by atoms with van der Waals surface area (Å²) in [5.41, 5.74) is 6.87. The maximum absolute atomic E-state index is 14.6. The van der Waals surface area contributed by atoms with Crippen molar-refractivity contribution in [2.75, 3.05) is 0 Å². The number of hydrogen-bond donors (Lipinski definition) is 1. The van der Waals surface area contributed by atoms with Gasteiger partial charge >= 0.3 is 0 Å². The van der Waals surface area contributed by atoms with Crippen molar-refractivity contribution in [2.24, 2.45) is 5.73 Å². The highest BCUT2D eigenvalue weighted by Gasteiger charge is 2.29. The Kier molecular flexibility index (Phi) is 6.01. The minimum absolute atomic E-state index is 0. The number of rotatable bonds is 5. The lowest BCUT2D eigenvalue weighted by Crippen LogP contribution is -2.42. The second kappa shape index (κ2) is 7.85. The second-order valence-electron chi connectivity index (χ2n) is 6.69. The molecule has 2 aromatic carbocycles. The minimum Gasteiger partial charge on any atom is -0.333 e. The van der Waals surface area contributed by atoms with Crippen molar-refractivity contribution in [1.82, 2.24) is 4.57 Å². The number of halogens is 2. The molecule has 3 nitrogen and oxygen atoms in total. The third-order valence-electron chi connectivity index (χ3n) is 4.19. The molecule has 0 amide bonds. The molecule has 0 saturated carbocycles. The van der Waals surface area contributed by atoms with Crippen molar-refractivity contribution in [3.8, 4) is 0 Å². The molecule has 0 radical (unpaired) electrons. The molecule has 5 heteroatoms. The normalized spacial score (nSPS) is 12.3. The second-order valence-corrected chi connectivity index (χ2v) is 6.69. The van der Waals surface area contributed by atoms with Crippen LogP contribution >= 0.6 is 12.4 Å². The summed E-state index contributed by atoms with van der Waals surface area (Å²) in [6, 6.07) is 19.3. The number of carbonyl (C=O) groups is 1. The van der Waals surface area contributed by atoms with E-state index >= 15 is 0 Å².